The molecular formula is C10H15Cl. The predicted molar refractivity (Wildman–Crippen MR) is 52.7 cm³/mol. The van der Waals surface area contributed by atoms with Crippen LogP contribution in [-0.4, -0.2) is 0 Å². The summed E-state index contributed by atoms with van der Waals surface area (Å²) < 4.78 is 0. The van der Waals surface area contributed by atoms with Gasteiger partial charge in [0, 0.05) is 5.03 Å². The molecule has 1 heteroatoms. The van der Waals surface area contributed by atoms with Crippen LogP contribution in [0.15, 0.2) is 35.4 Å². The van der Waals surface area contributed by atoms with E-state index >= 15 is 0 Å². The quantitative estimate of drug-likeness (QED) is 0.564. The molecule has 0 N–H and O–H groups in total. The zero-order valence-corrected chi connectivity index (χ0v) is 8.15. The topological polar surface area (TPSA) is 0 Å². The van der Waals surface area contributed by atoms with Gasteiger partial charge in [-0.05, 0) is 24.5 Å². The molecule has 0 bridgehead atoms. The summed E-state index contributed by atoms with van der Waals surface area (Å²) in [5.41, 5.74) is 1.17. The highest BCUT2D eigenvalue weighted by molar-refractivity contribution is 6.31. The van der Waals surface area contributed by atoms with Crippen LogP contribution >= 0.6 is 11.6 Å². The molecule has 0 nitrogen and oxygen atoms in total. The van der Waals surface area contributed by atoms with Crippen molar-refractivity contribution in [2.75, 3.05) is 0 Å². The summed E-state index contributed by atoms with van der Waals surface area (Å²) in [7, 11) is 0. The maximum atomic E-state index is 5.82. The summed E-state index contributed by atoms with van der Waals surface area (Å²) in [6.07, 6.45) is 5.66. The smallest absolute Gasteiger partial charge is 0.0366 e. The van der Waals surface area contributed by atoms with Crippen LogP contribution in [0.5, 0.6) is 0 Å². The molecular weight excluding hydrogens is 156 g/mol. The van der Waals surface area contributed by atoms with Crippen LogP contribution in [0.3, 0.4) is 0 Å². The Balaban J connectivity index is 4.48. The predicted octanol–water partition coefficient (Wildman–Crippen LogP) is 3.90. The molecule has 0 aliphatic heterocycles. The van der Waals surface area contributed by atoms with E-state index < -0.39 is 0 Å². The maximum Gasteiger partial charge on any atom is 0.0366 e. The fraction of sp³-hybridized carbons (Fsp3) is 0.400. The number of hydrogen-bond acceptors (Lipinski definition) is 0. The number of rotatable bonds is 3. The van der Waals surface area contributed by atoms with Crippen molar-refractivity contribution in [1.29, 1.82) is 0 Å². The third kappa shape index (κ3) is 4.05. The van der Waals surface area contributed by atoms with Crippen molar-refractivity contribution in [1.82, 2.24) is 0 Å². The van der Waals surface area contributed by atoms with Crippen molar-refractivity contribution >= 4 is 11.6 Å². The van der Waals surface area contributed by atoms with Gasteiger partial charge in [-0.1, -0.05) is 44.2 Å². The van der Waals surface area contributed by atoms with Gasteiger partial charge in [-0.2, -0.15) is 0 Å². The third-order valence-electron chi connectivity index (χ3n) is 1.48. The van der Waals surface area contributed by atoms with Gasteiger partial charge < -0.3 is 0 Å². The molecule has 0 aromatic heterocycles. The Labute approximate surface area is 74.3 Å². The van der Waals surface area contributed by atoms with Crippen molar-refractivity contribution in [3.05, 3.63) is 35.4 Å². The lowest BCUT2D eigenvalue weighted by atomic mass is 10.0. The zero-order valence-electron chi connectivity index (χ0n) is 7.39. The summed E-state index contributed by atoms with van der Waals surface area (Å²) in [6, 6.07) is 0. The van der Waals surface area contributed by atoms with Crippen LogP contribution in [0.4, 0.5) is 0 Å². The average molecular weight is 171 g/mol. The van der Waals surface area contributed by atoms with Gasteiger partial charge in [0.2, 0.25) is 0 Å². The Hall–Kier alpha value is -0.490. The molecule has 11 heavy (non-hydrogen) atoms. The van der Waals surface area contributed by atoms with Crippen molar-refractivity contribution in [3.63, 3.8) is 0 Å². The second-order valence-electron chi connectivity index (χ2n) is 2.68. The van der Waals surface area contributed by atoms with Crippen molar-refractivity contribution in [3.8, 4) is 0 Å². The molecule has 0 unspecified atom stereocenters. The molecule has 0 aromatic carbocycles. The van der Waals surface area contributed by atoms with Crippen LogP contribution in [0.1, 0.15) is 20.8 Å². The first-order chi connectivity index (χ1) is 5.11. The van der Waals surface area contributed by atoms with Gasteiger partial charge in [0.05, 0.1) is 0 Å². The van der Waals surface area contributed by atoms with E-state index in [0.717, 1.165) is 5.03 Å². The van der Waals surface area contributed by atoms with Crippen LogP contribution in [-0.2, 0) is 0 Å². The Kier molecular flexibility index (Phi) is 4.97. The fourth-order valence-electron chi connectivity index (χ4n) is 0.704. The Bertz CT molecular complexity index is 185. The molecule has 0 atom stereocenters. The van der Waals surface area contributed by atoms with E-state index in [1.807, 2.05) is 25.2 Å². The molecule has 0 heterocycles. The highest BCUT2D eigenvalue weighted by Crippen LogP contribution is 2.15. The molecule has 0 amide bonds. The van der Waals surface area contributed by atoms with E-state index in [1.165, 1.54) is 5.57 Å². The maximum absolute atomic E-state index is 5.82. The molecule has 0 saturated heterocycles. The first-order valence-electron chi connectivity index (χ1n) is 3.77. The Morgan fingerprint density at radius 2 is 2.00 bits per heavy atom. The Morgan fingerprint density at radius 1 is 1.45 bits per heavy atom. The normalized spacial score (nSPS) is 13.9. The molecule has 0 aromatic rings. The van der Waals surface area contributed by atoms with Gasteiger partial charge in [0.1, 0.15) is 0 Å². The molecule has 0 aliphatic carbocycles. The highest BCUT2D eigenvalue weighted by atomic mass is 35.5. The lowest BCUT2D eigenvalue weighted by Gasteiger charge is -2.04. The highest BCUT2D eigenvalue weighted by Gasteiger charge is 1.97. The standard InChI is InChI=1S/C10H15Cl/c1-5-9(8(3)4)7-10(11)6-2/h5-8H,1H2,2-4H3/b9-7+,10-6+. The minimum absolute atomic E-state index is 0.487. The van der Waals surface area contributed by atoms with E-state index in [2.05, 4.69) is 20.4 Å². The van der Waals surface area contributed by atoms with Gasteiger partial charge >= 0.3 is 0 Å². The van der Waals surface area contributed by atoms with Crippen molar-refractivity contribution < 1.29 is 0 Å². The molecule has 0 aliphatic rings. The lowest BCUT2D eigenvalue weighted by molar-refractivity contribution is 0.792. The minimum Gasteiger partial charge on any atom is -0.0988 e. The second kappa shape index (κ2) is 5.20. The monoisotopic (exact) mass is 170 g/mol. The van der Waals surface area contributed by atoms with Crippen LogP contribution in [0, 0.1) is 5.92 Å². The molecule has 0 radical (unpaired) electrons. The van der Waals surface area contributed by atoms with Crippen molar-refractivity contribution in [2.45, 2.75) is 20.8 Å². The largest absolute Gasteiger partial charge is 0.0988 e. The fourth-order valence-corrected chi connectivity index (χ4v) is 0.830. The summed E-state index contributed by atoms with van der Waals surface area (Å²) in [6.45, 7) is 9.87. The van der Waals surface area contributed by atoms with Crippen LogP contribution in [0.25, 0.3) is 0 Å². The SMILES string of the molecule is C=C/C(=C\C(Cl)=C/C)C(C)C. The molecule has 0 rings (SSSR count). The first-order valence-corrected chi connectivity index (χ1v) is 4.15. The molecule has 0 spiro atoms. The number of hydrogen-bond donors (Lipinski definition) is 0. The van der Waals surface area contributed by atoms with E-state index in [9.17, 15) is 0 Å². The molecule has 0 saturated carbocycles. The van der Waals surface area contributed by atoms with Gasteiger partial charge in [0.25, 0.3) is 0 Å². The number of allylic oxidation sites excluding steroid dienone is 5. The van der Waals surface area contributed by atoms with Gasteiger partial charge in [-0.15, -0.1) is 0 Å². The van der Waals surface area contributed by atoms with Gasteiger partial charge in [0.15, 0.2) is 0 Å². The summed E-state index contributed by atoms with van der Waals surface area (Å²) >= 11 is 5.82. The summed E-state index contributed by atoms with van der Waals surface area (Å²) in [5.74, 6) is 0.487. The van der Waals surface area contributed by atoms with E-state index in [-0.39, 0.29) is 0 Å². The third-order valence-corrected chi connectivity index (χ3v) is 1.81. The van der Waals surface area contributed by atoms with Crippen LogP contribution in [0.2, 0.25) is 0 Å². The summed E-state index contributed by atoms with van der Waals surface area (Å²) in [5, 5.41) is 0.772. The summed E-state index contributed by atoms with van der Waals surface area (Å²) in [4.78, 5) is 0. The molecule has 62 valence electrons. The minimum atomic E-state index is 0.487. The van der Waals surface area contributed by atoms with E-state index in [1.54, 1.807) is 0 Å². The molecule has 0 fully saturated rings. The second-order valence-corrected chi connectivity index (χ2v) is 3.11. The lowest BCUT2D eigenvalue weighted by Crippen LogP contribution is -1.89. The zero-order chi connectivity index (χ0) is 8.85. The number of halogens is 1. The van der Waals surface area contributed by atoms with Gasteiger partial charge in [-0.3, -0.25) is 0 Å². The van der Waals surface area contributed by atoms with E-state index in [4.69, 9.17) is 11.6 Å². The van der Waals surface area contributed by atoms with Gasteiger partial charge in [-0.25, -0.2) is 0 Å². The Morgan fingerprint density at radius 3 is 2.27 bits per heavy atom. The van der Waals surface area contributed by atoms with Crippen LogP contribution < -0.4 is 0 Å². The van der Waals surface area contributed by atoms with E-state index in [0.29, 0.717) is 5.92 Å². The van der Waals surface area contributed by atoms with Crippen molar-refractivity contribution in [2.24, 2.45) is 5.92 Å². The average Bonchev–Trinajstić information content (AvgIpc) is 1.99. The first kappa shape index (κ1) is 10.5.